The fraction of sp³-hybridized carbons (Fsp3) is 0.652. The number of phosphoric acid groups is 1. The third-order valence-electron chi connectivity index (χ3n) is 13.0. The van der Waals surface area contributed by atoms with Crippen molar-refractivity contribution in [3.8, 4) is 0 Å². The molecule has 0 bridgehead atoms. The van der Waals surface area contributed by atoms with Crippen molar-refractivity contribution in [3.05, 3.63) is 134 Å². The fourth-order valence-corrected chi connectivity index (χ4v) is 9.20. The van der Waals surface area contributed by atoms with Crippen LogP contribution < -0.4 is 5.73 Å². The lowest BCUT2D eigenvalue weighted by Gasteiger charge is -2.19. The van der Waals surface area contributed by atoms with E-state index in [1.807, 2.05) is 0 Å². The molecule has 0 aromatic rings. The number of unbranched alkanes of at least 4 members (excludes halogenated alkanes) is 23. The average molecular weight is 1120 g/mol. The number of carbonyl (C=O) groups is 2. The SMILES string of the molecule is CC/C=C\C/C=C\C/C=C\C/C=C\C/C=C\C/C=C\C/C=C\CCCCCC(=O)OC(COC(=O)CCCCCCCCCCCCCCCCCCCCCC/C=C\C/C=C\C/C=C\C/C=C\CC)COP(=O)(O)OCCN. The van der Waals surface area contributed by atoms with E-state index < -0.39 is 32.5 Å². The van der Waals surface area contributed by atoms with Gasteiger partial charge in [-0.1, -0.05) is 270 Å². The smallest absolute Gasteiger partial charge is 0.462 e. The molecule has 3 N–H and O–H groups in total. The minimum Gasteiger partial charge on any atom is -0.462 e. The van der Waals surface area contributed by atoms with Crippen LogP contribution >= 0.6 is 7.82 Å². The lowest BCUT2D eigenvalue weighted by Crippen LogP contribution is -2.29. The van der Waals surface area contributed by atoms with Crippen LogP contribution in [0.15, 0.2) is 134 Å². The second-order valence-corrected chi connectivity index (χ2v) is 22.0. The van der Waals surface area contributed by atoms with Crippen LogP contribution in [0.5, 0.6) is 0 Å². The van der Waals surface area contributed by atoms with Gasteiger partial charge in [0, 0.05) is 19.4 Å². The highest BCUT2D eigenvalue weighted by Crippen LogP contribution is 2.43. The molecule has 0 heterocycles. The first-order valence-electron chi connectivity index (χ1n) is 31.7. The van der Waals surface area contributed by atoms with E-state index in [9.17, 15) is 19.0 Å². The van der Waals surface area contributed by atoms with Crippen LogP contribution in [0.25, 0.3) is 0 Å². The largest absolute Gasteiger partial charge is 0.472 e. The summed E-state index contributed by atoms with van der Waals surface area (Å²) in [5.74, 6) is -0.868. The van der Waals surface area contributed by atoms with Crippen LogP contribution in [-0.2, 0) is 32.7 Å². The minimum atomic E-state index is -4.41. The monoisotopic (exact) mass is 1120 g/mol. The highest BCUT2D eigenvalue weighted by Gasteiger charge is 2.26. The zero-order valence-electron chi connectivity index (χ0n) is 50.3. The van der Waals surface area contributed by atoms with Crippen molar-refractivity contribution in [2.75, 3.05) is 26.4 Å². The first-order valence-corrected chi connectivity index (χ1v) is 33.2. The molecule has 0 aromatic carbocycles. The lowest BCUT2D eigenvalue weighted by atomic mass is 10.0. The van der Waals surface area contributed by atoms with Gasteiger partial charge in [0.1, 0.15) is 6.61 Å². The van der Waals surface area contributed by atoms with E-state index in [2.05, 4.69) is 148 Å². The third kappa shape index (κ3) is 63.2. The summed E-state index contributed by atoms with van der Waals surface area (Å²) in [6.45, 7) is 3.48. The maximum Gasteiger partial charge on any atom is 0.472 e. The van der Waals surface area contributed by atoms with Crippen LogP contribution in [-0.4, -0.2) is 49.3 Å². The third-order valence-corrected chi connectivity index (χ3v) is 14.0. The van der Waals surface area contributed by atoms with Crippen molar-refractivity contribution in [2.45, 2.75) is 264 Å². The molecular formula is C69H116NO8P. The van der Waals surface area contributed by atoms with Gasteiger partial charge in [-0.15, -0.1) is 0 Å². The topological polar surface area (TPSA) is 134 Å². The van der Waals surface area contributed by atoms with E-state index in [0.717, 1.165) is 109 Å². The molecule has 450 valence electrons. The minimum absolute atomic E-state index is 0.0418. The molecule has 0 radical (unpaired) electrons. The summed E-state index contributed by atoms with van der Waals surface area (Å²) in [6, 6.07) is 0. The van der Waals surface area contributed by atoms with Crippen molar-refractivity contribution in [1.29, 1.82) is 0 Å². The molecule has 10 heteroatoms. The molecule has 79 heavy (non-hydrogen) atoms. The van der Waals surface area contributed by atoms with Gasteiger partial charge in [-0.3, -0.25) is 18.6 Å². The predicted molar refractivity (Wildman–Crippen MR) is 339 cm³/mol. The molecule has 0 aliphatic heterocycles. The number of allylic oxidation sites excluding steroid dienone is 22. The van der Waals surface area contributed by atoms with Gasteiger partial charge >= 0.3 is 19.8 Å². The number of ether oxygens (including phenoxy) is 2. The normalized spacial score (nSPS) is 13.9. The number of rotatable bonds is 58. The Kier molecular flexibility index (Phi) is 60.2. The van der Waals surface area contributed by atoms with Gasteiger partial charge in [-0.2, -0.15) is 0 Å². The predicted octanol–water partition coefficient (Wildman–Crippen LogP) is 20.5. The number of hydrogen-bond donors (Lipinski definition) is 2. The van der Waals surface area contributed by atoms with Crippen molar-refractivity contribution < 1.29 is 37.6 Å². The summed E-state index contributed by atoms with van der Waals surface area (Å²) >= 11 is 0. The van der Waals surface area contributed by atoms with E-state index in [1.54, 1.807) is 0 Å². The molecule has 2 unspecified atom stereocenters. The van der Waals surface area contributed by atoms with Crippen LogP contribution in [0.2, 0.25) is 0 Å². The molecule has 0 spiro atoms. The molecule has 0 aliphatic rings. The highest BCUT2D eigenvalue weighted by atomic mass is 31.2. The van der Waals surface area contributed by atoms with E-state index in [1.165, 1.54) is 116 Å². The molecule has 2 atom stereocenters. The van der Waals surface area contributed by atoms with E-state index in [0.29, 0.717) is 6.42 Å². The molecule has 0 saturated heterocycles. The van der Waals surface area contributed by atoms with Gasteiger partial charge in [-0.05, 0) is 109 Å². The summed E-state index contributed by atoms with van der Waals surface area (Å²) in [7, 11) is -4.41. The molecule has 0 saturated carbocycles. The number of phosphoric ester groups is 1. The standard InChI is InChI=1S/C69H116NO8P/c1-3-5-7-9-11-13-15-17-19-21-23-25-27-29-30-31-32-33-34-35-36-38-39-41-43-45-47-49-51-53-55-57-59-61-68(71)75-65-67(66-77-79(73,74)76-64-63-70)78-69(72)62-60-58-56-54-52-50-48-46-44-42-40-37-28-26-24-22-20-18-16-14-12-10-8-6-4-2/h5-8,11-14,17-20,23-26,37,40,44,46,50,52,67H,3-4,9-10,15-16,21-22,27-36,38-39,41-43,45,47-49,51,53-66,70H2,1-2H3,(H,73,74)/b7-5-,8-6-,13-11-,14-12-,19-17-,20-18-,25-23-,26-24-,40-37-,46-44-,52-50-. The van der Waals surface area contributed by atoms with Crippen molar-refractivity contribution in [3.63, 3.8) is 0 Å². The Morgan fingerprint density at radius 1 is 0.380 bits per heavy atom. The molecule has 0 aromatic heterocycles. The second kappa shape index (κ2) is 63.3. The summed E-state index contributed by atoms with van der Waals surface area (Å²) in [6.07, 6.45) is 89.6. The molecule has 0 rings (SSSR count). The lowest BCUT2D eigenvalue weighted by molar-refractivity contribution is -0.161. The molecule has 0 fully saturated rings. The summed E-state index contributed by atoms with van der Waals surface area (Å²) < 4.78 is 33.1. The van der Waals surface area contributed by atoms with Gasteiger partial charge in [0.2, 0.25) is 0 Å². The maximum atomic E-state index is 12.7. The number of nitrogens with two attached hydrogens (primary N) is 1. The highest BCUT2D eigenvalue weighted by molar-refractivity contribution is 7.47. The fourth-order valence-electron chi connectivity index (χ4n) is 8.43. The second-order valence-electron chi connectivity index (χ2n) is 20.5. The van der Waals surface area contributed by atoms with E-state index in [-0.39, 0.29) is 32.6 Å². The quantitative estimate of drug-likeness (QED) is 0.0264. The van der Waals surface area contributed by atoms with Crippen molar-refractivity contribution in [2.24, 2.45) is 5.73 Å². The Morgan fingerprint density at radius 2 is 0.658 bits per heavy atom. The molecule has 0 aliphatic carbocycles. The first kappa shape index (κ1) is 75.2. The number of hydrogen-bond acceptors (Lipinski definition) is 8. The Bertz CT molecular complexity index is 1750. The summed E-state index contributed by atoms with van der Waals surface area (Å²) in [4.78, 5) is 35.3. The van der Waals surface area contributed by atoms with Crippen LogP contribution in [0, 0.1) is 0 Å². The Morgan fingerprint density at radius 3 is 0.987 bits per heavy atom. The molecule has 9 nitrogen and oxygen atoms in total. The Hall–Kier alpha value is -3.85. The number of esters is 2. The van der Waals surface area contributed by atoms with Crippen LogP contribution in [0.4, 0.5) is 0 Å². The molecular weight excluding hydrogens is 1000 g/mol. The number of carbonyl (C=O) groups excluding carboxylic acids is 2. The van der Waals surface area contributed by atoms with E-state index in [4.69, 9.17) is 24.3 Å². The van der Waals surface area contributed by atoms with Crippen molar-refractivity contribution >= 4 is 19.8 Å². The van der Waals surface area contributed by atoms with E-state index >= 15 is 0 Å². The van der Waals surface area contributed by atoms with Gasteiger partial charge in [0.25, 0.3) is 0 Å². The van der Waals surface area contributed by atoms with Gasteiger partial charge in [-0.25, -0.2) is 4.57 Å². The van der Waals surface area contributed by atoms with Gasteiger partial charge in [0.15, 0.2) is 6.10 Å². The van der Waals surface area contributed by atoms with Gasteiger partial charge < -0.3 is 20.1 Å². The Balaban J connectivity index is 3.97. The zero-order chi connectivity index (χ0) is 57.3. The zero-order valence-corrected chi connectivity index (χ0v) is 51.2. The van der Waals surface area contributed by atoms with Gasteiger partial charge in [0.05, 0.1) is 13.2 Å². The average Bonchev–Trinajstić information content (AvgIpc) is 3.44. The maximum absolute atomic E-state index is 12.7. The van der Waals surface area contributed by atoms with Crippen LogP contribution in [0.3, 0.4) is 0 Å². The Labute approximate surface area is 484 Å². The molecule has 0 amide bonds. The van der Waals surface area contributed by atoms with Crippen LogP contribution in [0.1, 0.15) is 258 Å². The first-order chi connectivity index (χ1) is 38.8. The summed E-state index contributed by atoms with van der Waals surface area (Å²) in [5, 5.41) is 0. The van der Waals surface area contributed by atoms with Crippen molar-refractivity contribution in [1.82, 2.24) is 0 Å². The summed E-state index contributed by atoms with van der Waals surface area (Å²) in [5.41, 5.74) is 5.39.